The maximum absolute atomic E-state index is 5.38. The van der Waals surface area contributed by atoms with Crippen molar-refractivity contribution in [1.29, 1.82) is 0 Å². The number of aryl methyl sites for hydroxylation is 1. The van der Waals surface area contributed by atoms with Crippen LogP contribution >= 0.6 is 70.5 Å². The van der Waals surface area contributed by atoms with Gasteiger partial charge in [0.05, 0.1) is 12.4 Å². The highest BCUT2D eigenvalue weighted by Crippen LogP contribution is 2.37. The molecule has 4 rings (SSSR count). The molecule has 0 fully saturated rings. The normalized spacial score (nSPS) is 10.6. The molecule has 0 aliphatic carbocycles. The van der Waals surface area contributed by atoms with Crippen LogP contribution in [0.5, 0.6) is 5.75 Å². The lowest BCUT2D eigenvalue weighted by molar-refractivity contribution is 0.415. The largest absolute Gasteiger partial charge is 0.497 e. The molecule has 0 spiro atoms. The highest BCUT2D eigenvalue weighted by molar-refractivity contribution is 9.69. The van der Waals surface area contributed by atoms with Crippen molar-refractivity contribution in [2.75, 3.05) is 12.4 Å². The Hall–Kier alpha value is -1.50. The van der Waals surface area contributed by atoms with E-state index in [0.717, 1.165) is 11.3 Å². The van der Waals surface area contributed by atoms with Crippen LogP contribution in [0, 0.1) is 6.92 Å². The maximum Gasteiger partial charge on any atom is 0.369 e. The number of alkyl halides is 2. The molecule has 7 heteroatoms. The molecule has 0 atom stereocenters. The second-order valence-corrected chi connectivity index (χ2v) is 14.7. The molecule has 0 unspecified atom stereocenters. The third-order valence-electron chi connectivity index (χ3n) is 5.09. The molecule has 0 N–H and O–H groups in total. The van der Waals surface area contributed by atoms with Crippen LogP contribution in [0.1, 0.15) is 27.8 Å². The number of hydrogen-bond donors (Lipinski definition) is 0. The van der Waals surface area contributed by atoms with Crippen molar-refractivity contribution in [1.82, 2.24) is 0 Å². The molecule has 0 heterocycles. The van der Waals surface area contributed by atoms with E-state index in [9.17, 15) is 0 Å². The molecule has 0 saturated carbocycles. The zero-order valence-corrected chi connectivity index (χ0v) is 26.2. The lowest BCUT2D eigenvalue weighted by Gasteiger charge is -2.18. The molecule has 0 amide bonds. The van der Waals surface area contributed by atoms with E-state index in [1.165, 1.54) is 33.4 Å². The van der Waals surface area contributed by atoms with Crippen LogP contribution in [0.4, 0.5) is 0 Å². The lowest BCUT2D eigenvalue weighted by Crippen LogP contribution is -1.97. The first kappa shape index (κ1) is 30.7. The van der Waals surface area contributed by atoms with Gasteiger partial charge in [-0.25, -0.2) is 0 Å². The minimum atomic E-state index is 0.194. The molecule has 1 nitrogen and oxygen atoms in total. The van der Waals surface area contributed by atoms with Crippen molar-refractivity contribution >= 4 is 84.8 Å². The van der Waals surface area contributed by atoms with E-state index in [0.29, 0.717) is 0 Å². The van der Waals surface area contributed by atoms with Gasteiger partial charge in [0, 0.05) is 0 Å². The third kappa shape index (κ3) is 10.1. The van der Waals surface area contributed by atoms with Crippen molar-refractivity contribution < 1.29 is 4.74 Å². The van der Waals surface area contributed by atoms with Crippen molar-refractivity contribution in [3.63, 3.8) is 0 Å². The minimum Gasteiger partial charge on any atom is -0.497 e. The van der Waals surface area contributed by atoms with E-state index in [2.05, 4.69) is 151 Å². The Bertz CT molecular complexity index is 1180. The van der Waals surface area contributed by atoms with Gasteiger partial charge in [-0.1, -0.05) is 103 Å². The Morgan fingerprint density at radius 1 is 0.611 bits per heavy atom. The first-order valence-corrected chi connectivity index (χ1v) is 14.8. The summed E-state index contributed by atoms with van der Waals surface area (Å²) in [6.45, 7) is 2.12. The van der Waals surface area contributed by atoms with Gasteiger partial charge in [-0.15, -0.1) is 70.5 Å². The van der Waals surface area contributed by atoms with Gasteiger partial charge in [-0.2, -0.15) is 0 Å². The van der Waals surface area contributed by atoms with E-state index in [4.69, 9.17) is 27.9 Å². The number of ether oxygens (including phenoxy) is 1. The number of benzene rings is 4. The molecule has 0 aliphatic heterocycles. The number of hydrogen-bond acceptors (Lipinski definition) is 1. The number of halogens is 5. The van der Waals surface area contributed by atoms with Crippen molar-refractivity contribution in [3.05, 3.63) is 137 Å². The van der Waals surface area contributed by atoms with Crippen molar-refractivity contribution in [3.8, 4) is 5.75 Å². The zero-order valence-electron chi connectivity index (χ0n) is 20.0. The number of rotatable bonds is 5. The Balaban J connectivity index is 0.000000583. The summed E-state index contributed by atoms with van der Waals surface area (Å²) in [6.07, 6.45) is 0. The number of methoxy groups -OCH3 is 1. The standard InChI is InChI=1S/C28H24O.CH2Cl2.BBr3/c1-21-13-15-24(16-14-21)27(22-9-5-3-6-10-22)28(23-11-7-4-8-12-23)25-17-19-26(29-2)20-18-25;2-1-3;2-1(3)4/h3-20H,1-2H3;1H2;/b28-27+;;. The van der Waals surface area contributed by atoms with Gasteiger partial charge in [0.15, 0.2) is 0 Å². The Morgan fingerprint density at radius 3 is 1.25 bits per heavy atom. The van der Waals surface area contributed by atoms with Crippen molar-refractivity contribution in [2.45, 2.75) is 6.92 Å². The van der Waals surface area contributed by atoms with E-state index < -0.39 is 0 Å². The fraction of sp³-hybridized carbons (Fsp3) is 0.103. The van der Waals surface area contributed by atoms with E-state index in [-0.39, 0.29) is 8.52 Å². The van der Waals surface area contributed by atoms with E-state index in [1.54, 1.807) is 7.11 Å². The summed E-state index contributed by atoms with van der Waals surface area (Å²) in [4.78, 5) is 0. The molecule has 4 aromatic carbocycles. The van der Waals surface area contributed by atoms with E-state index in [1.807, 2.05) is 12.1 Å². The summed E-state index contributed by atoms with van der Waals surface area (Å²) in [5.74, 6) is 0.859. The molecular weight excluding hydrogens is 686 g/mol. The van der Waals surface area contributed by atoms with Crippen molar-refractivity contribution in [2.24, 2.45) is 0 Å². The van der Waals surface area contributed by atoms with Gasteiger partial charge in [0.25, 0.3) is 0 Å². The molecule has 4 aromatic rings. The van der Waals surface area contributed by atoms with Crippen LogP contribution in [0.3, 0.4) is 0 Å². The zero-order chi connectivity index (χ0) is 26.3. The van der Waals surface area contributed by atoms with Crippen LogP contribution in [0.15, 0.2) is 109 Å². The summed E-state index contributed by atoms with van der Waals surface area (Å²) in [6, 6.07) is 38.3. The highest BCUT2D eigenvalue weighted by Gasteiger charge is 2.16. The van der Waals surface area contributed by atoms with Crippen LogP contribution in [-0.2, 0) is 0 Å². The molecule has 0 bridgehead atoms. The molecule has 0 radical (unpaired) electrons. The maximum atomic E-state index is 5.38. The van der Waals surface area contributed by atoms with Gasteiger partial charge < -0.3 is 4.74 Å². The Morgan fingerprint density at radius 2 is 0.917 bits per heavy atom. The highest BCUT2D eigenvalue weighted by atomic mass is 79.9. The molecule has 0 aliphatic rings. The molecule has 186 valence electrons. The summed E-state index contributed by atoms with van der Waals surface area (Å²) >= 11 is 18.8. The topological polar surface area (TPSA) is 9.23 Å². The quantitative estimate of drug-likeness (QED) is 0.114. The van der Waals surface area contributed by atoms with Crippen LogP contribution in [0.25, 0.3) is 11.1 Å². The summed E-state index contributed by atoms with van der Waals surface area (Å²) < 4.78 is 5.65. The minimum absolute atomic E-state index is 0.194. The average Bonchev–Trinajstić information content (AvgIpc) is 2.89. The van der Waals surface area contributed by atoms with Gasteiger partial charge in [0.1, 0.15) is 5.75 Å². The second-order valence-electron chi connectivity index (χ2n) is 7.43. The Labute approximate surface area is 249 Å². The van der Waals surface area contributed by atoms with Gasteiger partial charge in [0.2, 0.25) is 0 Å². The monoisotopic (exact) mass is 708 g/mol. The van der Waals surface area contributed by atoms with Crippen LogP contribution in [-0.4, -0.2) is 15.6 Å². The summed E-state index contributed by atoms with van der Waals surface area (Å²) in [5, 5.41) is 0.194. The van der Waals surface area contributed by atoms with Gasteiger partial charge >= 0.3 is 3.18 Å². The van der Waals surface area contributed by atoms with E-state index >= 15 is 0 Å². The average molecular weight is 712 g/mol. The predicted molar refractivity (Wildman–Crippen MR) is 171 cm³/mol. The fourth-order valence-electron chi connectivity index (χ4n) is 3.60. The predicted octanol–water partition coefficient (Wildman–Crippen LogP) is 10.6. The molecule has 36 heavy (non-hydrogen) atoms. The summed E-state index contributed by atoms with van der Waals surface area (Å²) in [5.41, 5.74) is 8.45. The van der Waals surface area contributed by atoms with Crippen LogP contribution < -0.4 is 4.74 Å². The smallest absolute Gasteiger partial charge is 0.369 e. The third-order valence-corrected chi connectivity index (χ3v) is 5.09. The molecule has 0 saturated heterocycles. The SMILES string of the molecule is BrB(Br)Br.COc1ccc(/C(=C(\c2ccccc2)c2ccc(C)cc2)c2ccccc2)cc1.ClCCl. The fourth-order valence-corrected chi connectivity index (χ4v) is 3.60. The lowest BCUT2D eigenvalue weighted by atomic mass is 9.85. The first-order chi connectivity index (χ1) is 17.4. The molecular formula is C29H26BBr3Cl2O. The summed E-state index contributed by atoms with van der Waals surface area (Å²) in [7, 11) is 1.70. The van der Waals surface area contributed by atoms with Gasteiger partial charge in [-0.05, 0) is 52.5 Å². The molecule has 0 aromatic heterocycles. The Kier molecular flexibility index (Phi) is 14.6. The van der Waals surface area contributed by atoms with Gasteiger partial charge in [-0.3, -0.25) is 0 Å². The second kappa shape index (κ2) is 17.1. The van der Waals surface area contributed by atoms with Crippen LogP contribution in [0.2, 0.25) is 0 Å². The first-order valence-electron chi connectivity index (χ1n) is 11.0.